The van der Waals surface area contributed by atoms with Gasteiger partial charge in [-0.3, -0.25) is 10.2 Å². The van der Waals surface area contributed by atoms with Crippen molar-refractivity contribution in [3.63, 3.8) is 0 Å². The minimum atomic E-state index is -5.02. The molecular formula is C28H28F6N4O4. The van der Waals surface area contributed by atoms with Crippen LogP contribution in [0.3, 0.4) is 0 Å². The van der Waals surface area contributed by atoms with Crippen molar-refractivity contribution >= 4 is 11.9 Å². The topological polar surface area (TPSA) is 72.3 Å². The van der Waals surface area contributed by atoms with Gasteiger partial charge in [-0.1, -0.05) is 12.1 Å². The molecule has 1 saturated heterocycles. The van der Waals surface area contributed by atoms with Crippen molar-refractivity contribution < 1.29 is 45.3 Å². The molecule has 0 bridgehead atoms. The predicted octanol–water partition coefficient (Wildman–Crippen LogP) is 4.71. The second-order valence-electron chi connectivity index (χ2n) is 9.86. The maximum atomic E-state index is 13.6. The average Bonchev–Trinajstić information content (AvgIpc) is 2.96. The Labute approximate surface area is 237 Å². The molecule has 1 N–H and O–H groups in total. The van der Waals surface area contributed by atoms with Crippen LogP contribution in [0.1, 0.15) is 16.7 Å². The van der Waals surface area contributed by atoms with Crippen LogP contribution in [0, 0.1) is 5.21 Å². The summed E-state index contributed by atoms with van der Waals surface area (Å²) in [6.45, 7) is 2.17. The van der Waals surface area contributed by atoms with E-state index >= 15 is 0 Å². The first kappa shape index (κ1) is 29.6. The fourth-order valence-electron chi connectivity index (χ4n) is 5.11. The van der Waals surface area contributed by atoms with Gasteiger partial charge in [0.2, 0.25) is 11.8 Å². The lowest BCUT2D eigenvalue weighted by Crippen LogP contribution is -2.48. The van der Waals surface area contributed by atoms with Crippen molar-refractivity contribution in [1.29, 1.82) is 0 Å². The number of hydrogen-bond donors (Lipinski definition) is 1. The maximum Gasteiger partial charge on any atom is 0.416 e. The molecule has 3 heterocycles. The molecule has 2 aromatic carbocycles. The molecule has 8 nitrogen and oxygen atoms in total. The SMILES string of the molecule is COc1ccccc1N1CNCC2=C1OC(N1CCOCC1)=CC=[N+]([O-])C2Cc1cc(C(F)(F)F)cc(C(F)(F)F)c1. The van der Waals surface area contributed by atoms with Crippen LogP contribution < -0.4 is 15.0 Å². The van der Waals surface area contributed by atoms with Crippen LogP contribution in [0.4, 0.5) is 32.0 Å². The zero-order chi connectivity index (χ0) is 30.1. The Morgan fingerprint density at radius 3 is 2.33 bits per heavy atom. The molecule has 2 aromatic rings. The van der Waals surface area contributed by atoms with E-state index in [4.69, 9.17) is 14.2 Å². The second kappa shape index (κ2) is 11.8. The summed E-state index contributed by atoms with van der Waals surface area (Å²) in [5.74, 6) is 1.08. The van der Waals surface area contributed by atoms with Gasteiger partial charge < -0.3 is 24.3 Å². The normalized spacial score (nSPS) is 20.2. The van der Waals surface area contributed by atoms with E-state index in [-0.39, 0.29) is 30.7 Å². The van der Waals surface area contributed by atoms with Gasteiger partial charge in [-0.15, -0.1) is 0 Å². The molecule has 14 heteroatoms. The molecule has 0 radical (unpaired) electrons. The minimum Gasteiger partial charge on any atom is -0.623 e. The molecule has 42 heavy (non-hydrogen) atoms. The number of alkyl halides is 6. The molecule has 226 valence electrons. The highest BCUT2D eigenvalue weighted by Crippen LogP contribution is 2.38. The number of hydroxylamine groups is 1. The van der Waals surface area contributed by atoms with Gasteiger partial charge in [-0.25, -0.2) is 4.74 Å². The average molecular weight is 599 g/mol. The molecule has 3 aliphatic heterocycles. The molecular weight excluding hydrogens is 570 g/mol. The highest BCUT2D eigenvalue weighted by molar-refractivity contribution is 5.68. The molecule has 5 rings (SSSR count). The maximum absolute atomic E-state index is 13.6. The Morgan fingerprint density at radius 2 is 1.69 bits per heavy atom. The van der Waals surface area contributed by atoms with E-state index in [0.29, 0.717) is 66.1 Å². The summed E-state index contributed by atoms with van der Waals surface area (Å²) >= 11 is 0. The summed E-state index contributed by atoms with van der Waals surface area (Å²) < 4.78 is 99.5. The Balaban J connectivity index is 1.64. The van der Waals surface area contributed by atoms with Gasteiger partial charge in [0.25, 0.3) is 0 Å². The summed E-state index contributed by atoms with van der Waals surface area (Å²) in [6, 6.07) is 7.22. The predicted molar refractivity (Wildman–Crippen MR) is 141 cm³/mol. The highest BCUT2D eigenvalue weighted by Gasteiger charge is 2.39. The van der Waals surface area contributed by atoms with Gasteiger partial charge in [-0.2, -0.15) is 26.3 Å². The van der Waals surface area contributed by atoms with Gasteiger partial charge in [0.05, 0.1) is 55.5 Å². The highest BCUT2D eigenvalue weighted by atomic mass is 19.4. The third kappa shape index (κ3) is 6.28. The number of para-hydroxylation sites is 2. The van der Waals surface area contributed by atoms with Crippen molar-refractivity contribution in [3.05, 3.63) is 87.8 Å². The number of morpholine rings is 1. The number of rotatable bonds is 5. The Morgan fingerprint density at radius 1 is 1.02 bits per heavy atom. The lowest BCUT2D eigenvalue weighted by molar-refractivity contribution is -0.486. The summed E-state index contributed by atoms with van der Waals surface area (Å²) in [6.07, 6.45) is -7.85. The number of halogens is 6. The van der Waals surface area contributed by atoms with Crippen LogP contribution >= 0.6 is 0 Å². The van der Waals surface area contributed by atoms with Gasteiger partial charge in [0, 0.05) is 26.1 Å². The standard InChI is InChI=1S/C28H28F6N4O4/c1-40-24-5-3-2-4-22(24)37-17-35-16-21-23(14-18-12-19(27(29,30)31)15-20(13-18)28(32,33)34)38(39)7-6-25(42-26(21)37)36-8-10-41-11-9-36/h2-7,12-13,15,23,35H,8-11,14,16-17H2,1H3. The van der Waals surface area contributed by atoms with Crippen molar-refractivity contribution in [3.8, 4) is 5.75 Å². The van der Waals surface area contributed by atoms with Gasteiger partial charge in [0.1, 0.15) is 5.75 Å². The van der Waals surface area contributed by atoms with Gasteiger partial charge in [-0.05, 0) is 35.9 Å². The largest absolute Gasteiger partial charge is 0.623 e. The molecule has 3 aliphatic rings. The Bertz CT molecular complexity index is 1370. The van der Waals surface area contributed by atoms with E-state index in [1.54, 1.807) is 29.2 Å². The number of methoxy groups -OCH3 is 1. The van der Waals surface area contributed by atoms with Crippen LogP contribution in [0.5, 0.6) is 5.75 Å². The zero-order valence-electron chi connectivity index (χ0n) is 22.5. The number of hydrogen-bond acceptors (Lipinski definition) is 7. The van der Waals surface area contributed by atoms with Crippen LogP contribution in [-0.2, 0) is 28.2 Å². The molecule has 0 amide bonds. The van der Waals surface area contributed by atoms with Gasteiger partial charge >= 0.3 is 12.4 Å². The number of nitrogens with one attached hydrogen (secondary N) is 1. The van der Waals surface area contributed by atoms with Crippen molar-refractivity contribution in [2.24, 2.45) is 0 Å². The summed E-state index contributed by atoms with van der Waals surface area (Å²) in [4.78, 5) is 3.62. The fourth-order valence-corrected chi connectivity index (χ4v) is 5.11. The van der Waals surface area contributed by atoms with E-state index < -0.39 is 35.9 Å². The van der Waals surface area contributed by atoms with Crippen LogP contribution in [0.2, 0.25) is 0 Å². The van der Waals surface area contributed by atoms with Crippen LogP contribution in [-0.4, -0.2) is 68.5 Å². The number of allylic oxidation sites excluding steroid dienone is 1. The first-order chi connectivity index (χ1) is 20.0. The monoisotopic (exact) mass is 598 g/mol. The van der Waals surface area contributed by atoms with Crippen molar-refractivity contribution in [2.75, 3.05) is 51.5 Å². The third-order valence-corrected chi connectivity index (χ3v) is 7.16. The van der Waals surface area contributed by atoms with Crippen molar-refractivity contribution in [1.82, 2.24) is 10.2 Å². The number of ether oxygens (including phenoxy) is 3. The summed E-state index contributed by atoms with van der Waals surface area (Å²) in [5, 5.41) is 16.7. The lowest BCUT2D eigenvalue weighted by atomic mass is 9.94. The third-order valence-electron chi connectivity index (χ3n) is 7.16. The van der Waals surface area contributed by atoms with E-state index in [2.05, 4.69) is 5.32 Å². The first-order valence-corrected chi connectivity index (χ1v) is 13.1. The molecule has 1 fully saturated rings. The molecule has 1 atom stereocenters. The molecule has 0 aliphatic carbocycles. The van der Waals surface area contributed by atoms with E-state index in [9.17, 15) is 31.5 Å². The quantitative estimate of drug-likeness (QED) is 0.304. The zero-order valence-corrected chi connectivity index (χ0v) is 22.5. The second-order valence-corrected chi connectivity index (χ2v) is 9.86. The van der Waals surface area contributed by atoms with E-state index in [0.717, 1.165) is 0 Å². The van der Waals surface area contributed by atoms with Crippen LogP contribution in [0.15, 0.2) is 65.9 Å². The van der Waals surface area contributed by atoms with Gasteiger partial charge in [0.15, 0.2) is 12.3 Å². The van der Waals surface area contributed by atoms with E-state index in [1.807, 2.05) is 4.90 Å². The number of benzene rings is 2. The van der Waals surface area contributed by atoms with Crippen molar-refractivity contribution in [2.45, 2.75) is 24.8 Å². The summed E-state index contributed by atoms with van der Waals surface area (Å²) in [5.41, 5.74) is -2.26. The Hall–Kier alpha value is -3.91. The lowest BCUT2D eigenvalue weighted by Gasteiger charge is -2.39. The first-order valence-electron chi connectivity index (χ1n) is 13.1. The number of anilines is 1. The minimum absolute atomic E-state index is 0.0689. The summed E-state index contributed by atoms with van der Waals surface area (Å²) in [7, 11) is 1.49. The number of nitrogens with zero attached hydrogens (tertiary/aromatic N) is 3. The smallest absolute Gasteiger partial charge is 0.416 e. The van der Waals surface area contributed by atoms with Crippen LogP contribution in [0.25, 0.3) is 0 Å². The Kier molecular flexibility index (Phi) is 8.28. The molecule has 0 saturated carbocycles. The molecule has 0 spiro atoms. The molecule has 1 unspecified atom stereocenters. The van der Waals surface area contributed by atoms with E-state index in [1.165, 1.54) is 19.4 Å². The fraction of sp³-hybridized carbons (Fsp3) is 0.393. The molecule has 0 aromatic heterocycles.